The molecule has 1 unspecified atom stereocenters. The van der Waals surface area contributed by atoms with Gasteiger partial charge in [0.1, 0.15) is 5.82 Å². The summed E-state index contributed by atoms with van der Waals surface area (Å²) in [5.74, 6) is 1.02. The van der Waals surface area contributed by atoms with Gasteiger partial charge in [-0.25, -0.2) is 15.0 Å². The first-order valence-electron chi connectivity index (χ1n) is 11.5. The van der Waals surface area contributed by atoms with Crippen molar-refractivity contribution in [2.45, 2.75) is 56.4 Å². The Morgan fingerprint density at radius 1 is 1.09 bits per heavy atom. The smallest absolute Gasteiger partial charge is 0.235 e. The van der Waals surface area contributed by atoms with Gasteiger partial charge in [0.15, 0.2) is 5.16 Å². The molecule has 0 radical (unpaired) electrons. The summed E-state index contributed by atoms with van der Waals surface area (Å²) >= 11 is 1.57. The molecule has 0 fully saturated rings. The van der Waals surface area contributed by atoms with Crippen LogP contribution >= 0.6 is 11.8 Å². The van der Waals surface area contributed by atoms with E-state index in [9.17, 15) is 4.39 Å². The SMILES string of the molecule is CSc1nc2c(c(N3Cc4c(F)ncn4C[C@H]3C)n1)CCC(c1cccc3ccccc13)C2. The minimum atomic E-state index is -0.379. The molecule has 2 atom stereocenters. The number of fused-ring (bicyclic) bond motifs is 3. The molecule has 1 aliphatic carbocycles. The van der Waals surface area contributed by atoms with Crippen molar-refractivity contribution in [3.8, 4) is 0 Å². The number of rotatable bonds is 3. The highest BCUT2D eigenvalue weighted by Crippen LogP contribution is 2.40. The van der Waals surface area contributed by atoms with Crippen molar-refractivity contribution in [2.75, 3.05) is 11.2 Å². The predicted molar refractivity (Wildman–Crippen MR) is 130 cm³/mol. The zero-order valence-electron chi connectivity index (χ0n) is 18.8. The zero-order chi connectivity index (χ0) is 22.5. The topological polar surface area (TPSA) is 46.8 Å². The lowest BCUT2D eigenvalue weighted by atomic mass is 9.80. The van der Waals surface area contributed by atoms with Crippen LogP contribution in [0.4, 0.5) is 10.2 Å². The van der Waals surface area contributed by atoms with Gasteiger partial charge in [0.05, 0.1) is 24.3 Å². The van der Waals surface area contributed by atoms with Crippen molar-refractivity contribution in [3.05, 3.63) is 77.3 Å². The number of halogens is 1. The molecule has 2 aliphatic rings. The molecule has 2 aromatic carbocycles. The number of benzene rings is 2. The summed E-state index contributed by atoms with van der Waals surface area (Å²) in [5.41, 5.74) is 4.40. The van der Waals surface area contributed by atoms with Crippen molar-refractivity contribution >= 4 is 28.4 Å². The monoisotopic (exact) mass is 459 g/mol. The van der Waals surface area contributed by atoms with Crippen LogP contribution in [0, 0.1) is 5.95 Å². The molecule has 0 N–H and O–H groups in total. The first-order valence-corrected chi connectivity index (χ1v) is 12.7. The van der Waals surface area contributed by atoms with Gasteiger partial charge in [-0.05, 0) is 54.7 Å². The molecule has 3 heterocycles. The van der Waals surface area contributed by atoms with Crippen LogP contribution in [-0.2, 0) is 25.9 Å². The molecular weight excluding hydrogens is 433 g/mol. The van der Waals surface area contributed by atoms with Crippen LogP contribution in [0.3, 0.4) is 0 Å². The van der Waals surface area contributed by atoms with Crippen LogP contribution < -0.4 is 4.90 Å². The number of aromatic nitrogens is 4. The standard InChI is InChI=1S/C26H26FN5S/c1-16-13-31-15-28-24(27)23(31)14-32(16)25-21-11-10-18(12-22(21)29-26(30-25)33-2)20-9-5-7-17-6-3-4-8-19(17)20/h3-9,15-16,18H,10-14H2,1-2H3/t16-,18?/m1/s1. The fourth-order valence-corrected chi connectivity index (χ4v) is 5.83. The van der Waals surface area contributed by atoms with Crippen LogP contribution in [-0.4, -0.2) is 31.8 Å². The second kappa shape index (κ2) is 8.13. The maximum absolute atomic E-state index is 14.3. The Balaban J connectivity index is 1.39. The van der Waals surface area contributed by atoms with Gasteiger partial charge in [-0.1, -0.05) is 54.2 Å². The number of nitrogens with zero attached hydrogens (tertiary/aromatic N) is 5. The van der Waals surface area contributed by atoms with E-state index in [2.05, 4.69) is 59.3 Å². The van der Waals surface area contributed by atoms with Gasteiger partial charge in [-0.2, -0.15) is 4.39 Å². The third-order valence-corrected chi connectivity index (χ3v) is 7.71. The van der Waals surface area contributed by atoms with Crippen LogP contribution in [0.15, 0.2) is 53.9 Å². The van der Waals surface area contributed by atoms with Gasteiger partial charge in [0.25, 0.3) is 0 Å². The summed E-state index contributed by atoms with van der Waals surface area (Å²) in [6, 6.07) is 15.5. The van der Waals surface area contributed by atoms with E-state index < -0.39 is 0 Å². The zero-order valence-corrected chi connectivity index (χ0v) is 19.6. The number of imidazole rings is 1. The summed E-state index contributed by atoms with van der Waals surface area (Å²) in [6.45, 7) is 3.37. The lowest BCUT2D eigenvalue weighted by molar-refractivity contribution is 0.448. The summed E-state index contributed by atoms with van der Waals surface area (Å²) in [5, 5.41) is 3.41. The van der Waals surface area contributed by atoms with Crippen molar-refractivity contribution < 1.29 is 4.39 Å². The highest BCUT2D eigenvalue weighted by atomic mass is 32.2. The summed E-state index contributed by atoms with van der Waals surface area (Å²) in [6.07, 6.45) is 6.52. The average Bonchev–Trinajstić information content (AvgIpc) is 3.21. The van der Waals surface area contributed by atoms with Gasteiger partial charge in [0, 0.05) is 18.2 Å². The molecule has 1 aliphatic heterocycles. The lowest BCUT2D eigenvalue weighted by Crippen LogP contribution is -2.42. The quantitative estimate of drug-likeness (QED) is 0.305. The predicted octanol–water partition coefficient (Wildman–Crippen LogP) is 5.37. The molecule has 33 heavy (non-hydrogen) atoms. The summed E-state index contributed by atoms with van der Waals surface area (Å²) in [7, 11) is 0. The van der Waals surface area contributed by atoms with E-state index in [0.717, 1.165) is 35.9 Å². The molecule has 4 aromatic rings. The van der Waals surface area contributed by atoms with Gasteiger partial charge in [-0.15, -0.1) is 0 Å². The van der Waals surface area contributed by atoms with E-state index in [1.807, 2.05) is 10.8 Å². The fraction of sp³-hybridized carbons (Fsp3) is 0.346. The third-order valence-electron chi connectivity index (χ3n) is 7.16. The second-order valence-corrected chi connectivity index (χ2v) is 9.85. The van der Waals surface area contributed by atoms with Gasteiger partial charge in [0.2, 0.25) is 5.95 Å². The lowest BCUT2D eigenvalue weighted by Gasteiger charge is -2.38. The van der Waals surface area contributed by atoms with E-state index in [1.165, 1.54) is 21.9 Å². The normalized spacial score (nSPS) is 20.0. The Morgan fingerprint density at radius 2 is 1.94 bits per heavy atom. The number of anilines is 1. The van der Waals surface area contributed by atoms with Gasteiger partial charge < -0.3 is 9.47 Å². The Labute approximate surface area is 197 Å². The molecule has 2 aromatic heterocycles. The third kappa shape index (κ3) is 3.50. The number of thioether (sulfide) groups is 1. The molecular formula is C26H26FN5S. The van der Waals surface area contributed by atoms with Gasteiger partial charge >= 0.3 is 0 Å². The van der Waals surface area contributed by atoms with Crippen molar-refractivity contribution in [3.63, 3.8) is 0 Å². The van der Waals surface area contributed by atoms with Crippen molar-refractivity contribution in [2.24, 2.45) is 0 Å². The molecule has 0 bridgehead atoms. The number of hydrogen-bond acceptors (Lipinski definition) is 5. The average molecular weight is 460 g/mol. The highest BCUT2D eigenvalue weighted by Gasteiger charge is 2.32. The van der Waals surface area contributed by atoms with E-state index in [1.54, 1.807) is 18.1 Å². The molecule has 7 heteroatoms. The molecule has 0 spiro atoms. The molecule has 6 rings (SSSR count). The molecule has 5 nitrogen and oxygen atoms in total. The molecule has 0 saturated carbocycles. The molecule has 168 valence electrons. The molecule has 0 amide bonds. The van der Waals surface area contributed by atoms with E-state index in [4.69, 9.17) is 9.97 Å². The van der Waals surface area contributed by atoms with Crippen LogP contribution in [0.5, 0.6) is 0 Å². The summed E-state index contributed by atoms with van der Waals surface area (Å²) in [4.78, 5) is 16.0. The van der Waals surface area contributed by atoms with Crippen LogP contribution in [0.2, 0.25) is 0 Å². The van der Waals surface area contributed by atoms with E-state index >= 15 is 0 Å². The Hall–Kier alpha value is -2.93. The first kappa shape index (κ1) is 20.7. The largest absolute Gasteiger partial charge is 0.346 e. The van der Waals surface area contributed by atoms with Gasteiger partial charge in [-0.3, -0.25) is 0 Å². The van der Waals surface area contributed by atoms with Crippen molar-refractivity contribution in [1.29, 1.82) is 0 Å². The second-order valence-electron chi connectivity index (χ2n) is 9.08. The van der Waals surface area contributed by atoms with Crippen LogP contribution in [0.1, 0.15) is 41.8 Å². The van der Waals surface area contributed by atoms with E-state index in [-0.39, 0.29) is 12.0 Å². The van der Waals surface area contributed by atoms with E-state index in [0.29, 0.717) is 24.7 Å². The fourth-order valence-electron chi connectivity index (χ4n) is 5.46. The van der Waals surface area contributed by atoms with Crippen molar-refractivity contribution in [1.82, 2.24) is 19.5 Å². The Bertz CT molecular complexity index is 1340. The first-order chi connectivity index (χ1) is 16.1. The Morgan fingerprint density at radius 3 is 2.82 bits per heavy atom. The Kier molecular flexibility index (Phi) is 5.09. The van der Waals surface area contributed by atoms with Crippen LogP contribution in [0.25, 0.3) is 10.8 Å². The minimum absolute atomic E-state index is 0.204. The maximum atomic E-state index is 14.3. The molecule has 0 saturated heterocycles. The summed E-state index contributed by atoms with van der Waals surface area (Å²) < 4.78 is 16.2. The number of hydrogen-bond donors (Lipinski definition) is 0. The minimum Gasteiger partial charge on any atom is -0.346 e. The highest BCUT2D eigenvalue weighted by molar-refractivity contribution is 7.98. The maximum Gasteiger partial charge on any atom is 0.235 e.